The number of nitrogens with one attached hydrogen (secondary N) is 1. The largest absolute Gasteiger partial charge is 0.293 e. The first-order valence-electron chi connectivity index (χ1n) is 5.64. The van der Waals surface area contributed by atoms with Gasteiger partial charge in [-0.2, -0.15) is 4.68 Å². The van der Waals surface area contributed by atoms with E-state index >= 15 is 0 Å². The molecule has 0 aliphatic rings. The highest BCUT2D eigenvalue weighted by Gasteiger charge is 2.11. The average molecular weight is 275 g/mol. The van der Waals surface area contributed by atoms with Gasteiger partial charge in [0.2, 0.25) is 5.13 Å². The van der Waals surface area contributed by atoms with Crippen LogP contribution in [-0.2, 0) is 0 Å². The zero-order valence-electron chi connectivity index (χ0n) is 10.1. The molecule has 4 nitrogen and oxygen atoms in total. The van der Waals surface area contributed by atoms with Crippen molar-refractivity contribution in [3.63, 3.8) is 0 Å². The molecule has 96 valence electrons. The summed E-state index contributed by atoms with van der Waals surface area (Å²) in [6.45, 7) is 1.79. The van der Waals surface area contributed by atoms with Gasteiger partial charge in [0.15, 0.2) is 0 Å². The number of aromatic nitrogens is 3. The van der Waals surface area contributed by atoms with Gasteiger partial charge in [0, 0.05) is 22.7 Å². The lowest BCUT2D eigenvalue weighted by Gasteiger charge is -1.98. The Balaban J connectivity index is 2.08. The quantitative estimate of drug-likeness (QED) is 0.781. The second-order valence-electron chi connectivity index (χ2n) is 4.11. The second kappa shape index (κ2) is 4.47. The lowest BCUT2D eigenvalue weighted by atomic mass is 10.2. The average Bonchev–Trinajstić information content (AvgIpc) is 2.96. The summed E-state index contributed by atoms with van der Waals surface area (Å²) in [6, 6.07) is 7.92. The first kappa shape index (κ1) is 11.9. The van der Waals surface area contributed by atoms with Crippen molar-refractivity contribution in [3.05, 3.63) is 57.6 Å². The van der Waals surface area contributed by atoms with E-state index in [0.717, 1.165) is 5.69 Å². The Morgan fingerprint density at radius 1 is 1.37 bits per heavy atom. The maximum absolute atomic E-state index is 13.7. The van der Waals surface area contributed by atoms with Crippen LogP contribution in [0.5, 0.6) is 0 Å². The van der Waals surface area contributed by atoms with Crippen LogP contribution in [0.4, 0.5) is 4.39 Å². The number of halogens is 1. The molecular weight excluding hydrogens is 265 g/mol. The number of aromatic amines is 1. The van der Waals surface area contributed by atoms with E-state index in [1.165, 1.54) is 28.2 Å². The normalized spacial score (nSPS) is 10.8. The van der Waals surface area contributed by atoms with Crippen LogP contribution in [0.2, 0.25) is 0 Å². The highest BCUT2D eigenvalue weighted by molar-refractivity contribution is 7.12. The number of benzene rings is 1. The van der Waals surface area contributed by atoms with Gasteiger partial charge in [-0.1, -0.05) is 12.1 Å². The molecule has 0 atom stereocenters. The molecule has 0 bridgehead atoms. The summed E-state index contributed by atoms with van der Waals surface area (Å²) in [5.41, 5.74) is 1.54. The minimum Gasteiger partial charge on any atom is -0.293 e. The molecule has 2 heterocycles. The third-order valence-corrected chi connectivity index (χ3v) is 3.51. The molecule has 19 heavy (non-hydrogen) atoms. The van der Waals surface area contributed by atoms with Gasteiger partial charge in [0.25, 0.3) is 5.56 Å². The van der Waals surface area contributed by atoms with E-state index in [4.69, 9.17) is 0 Å². The van der Waals surface area contributed by atoms with Crippen molar-refractivity contribution in [2.75, 3.05) is 0 Å². The van der Waals surface area contributed by atoms with Gasteiger partial charge in [-0.3, -0.25) is 9.89 Å². The molecule has 6 heteroatoms. The number of H-pyrrole nitrogens is 1. The number of hydrogen-bond acceptors (Lipinski definition) is 3. The van der Waals surface area contributed by atoms with Gasteiger partial charge < -0.3 is 0 Å². The fourth-order valence-corrected chi connectivity index (χ4v) is 2.60. The highest BCUT2D eigenvalue weighted by Crippen LogP contribution is 2.25. The van der Waals surface area contributed by atoms with Crippen molar-refractivity contribution in [3.8, 4) is 16.4 Å². The van der Waals surface area contributed by atoms with E-state index < -0.39 is 0 Å². The molecule has 0 radical (unpaired) electrons. The third-order valence-electron chi connectivity index (χ3n) is 2.68. The fraction of sp³-hybridized carbons (Fsp3) is 0.0769. The summed E-state index contributed by atoms with van der Waals surface area (Å²) < 4.78 is 15.0. The molecule has 0 aliphatic carbocycles. The molecule has 0 saturated carbocycles. The zero-order valence-corrected chi connectivity index (χ0v) is 10.9. The summed E-state index contributed by atoms with van der Waals surface area (Å²) in [6.07, 6.45) is 0. The first-order chi connectivity index (χ1) is 9.15. The Labute approximate surface area is 112 Å². The molecule has 0 spiro atoms. The molecule has 0 amide bonds. The van der Waals surface area contributed by atoms with Crippen LogP contribution in [0.15, 0.2) is 40.5 Å². The minimum absolute atomic E-state index is 0.174. The SMILES string of the molecule is Cc1cc(=O)n(-c2nc(-c3ccccc3F)cs2)[nH]1. The summed E-state index contributed by atoms with van der Waals surface area (Å²) in [5, 5.41) is 5.13. The Morgan fingerprint density at radius 2 is 2.16 bits per heavy atom. The van der Waals surface area contributed by atoms with Gasteiger partial charge in [0.1, 0.15) is 5.82 Å². The standard InChI is InChI=1S/C13H10FN3OS/c1-8-6-12(18)17(16-8)13-15-11(7-19-13)9-4-2-3-5-10(9)14/h2-7,16H,1H3. The molecule has 0 fully saturated rings. The fourth-order valence-electron chi connectivity index (χ4n) is 1.82. The molecule has 1 N–H and O–H groups in total. The van der Waals surface area contributed by atoms with E-state index in [0.29, 0.717) is 16.4 Å². The summed E-state index contributed by atoms with van der Waals surface area (Å²) in [5.74, 6) is -0.325. The second-order valence-corrected chi connectivity index (χ2v) is 4.94. The molecule has 0 aliphatic heterocycles. The van der Waals surface area contributed by atoms with Gasteiger partial charge in [-0.15, -0.1) is 11.3 Å². The van der Waals surface area contributed by atoms with E-state index in [9.17, 15) is 9.18 Å². The van der Waals surface area contributed by atoms with Crippen LogP contribution in [0.25, 0.3) is 16.4 Å². The van der Waals surface area contributed by atoms with E-state index in [1.54, 1.807) is 30.5 Å². The van der Waals surface area contributed by atoms with Gasteiger partial charge in [0.05, 0.1) is 5.69 Å². The van der Waals surface area contributed by atoms with Crippen LogP contribution in [-0.4, -0.2) is 14.8 Å². The topological polar surface area (TPSA) is 50.7 Å². The van der Waals surface area contributed by atoms with Crippen LogP contribution in [0.1, 0.15) is 5.69 Å². The van der Waals surface area contributed by atoms with Crippen molar-refractivity contribution in [1.82, 2.24) is 14.8 Å². The Hall–Kier alpha value is -2.21. The Bertz CT molecular complexity index is 787. The van der Waals surface area contributed by atoms with E-state index in [1.807, 2.05) is 0 Å². The predicted octanol–water partition coefficient (Wildman–Crippen LogP) is 2.74. The summed E-state index contributed by atoms with van der Waals surface area (Å²) in [7, 11) is 0. The lowest BCUT2D eigenvalue weighted by Crippen LogP contribution is -2.13. The molecule has 3 rings (SSSR count). The zero-order chi connectivity index (χ0) is 13.4. The molecule has 2 aromatic heterocycles. The summed E-state index contributed by atoms with van der Waals surface area (Å²) in [4.78, 5) is 16.0. The maximum Gasteiger partial charge on any atom is 0.273 e. The molecular formula is C13H10FN3OS. The summed E-state index contributed by atoms with van der Waals surface area (Å²) >= 11 is 1.29. The van der Waals surface area contributed by atoms with Crippen molar-refractivity contribution < 1.29 is 4.39 Å². The number of aryl methyl sites for hydroxylation is 1. The number of hydrogen-bond donors (Lipinski definition) is 1. The van der Waals surface area contributed by atoms with Crippen LogP contribution >= 0.6 is 11.3 Å². The van der Waals surface area contributed by atoms with Gasteiger partial charge >= 0.3 is 0 Å². The van der Waals surface area contributed by atoms with Crippen LogP contribution in [0.3, 0.4) is 0 Å². The van der Waals surface area contributed by atoms with Crippen molar-refractivity contribution in [2.45, 2.75) is 6.92 Å². The van der Waals surface area contributed by atoms with Crippen molar-refractivity contribution in [1.29, 1.82) is 0 Å². The molecule has 1 aromatic carbocycles. The monoisotopic (exact) mass is 275 g/mol. The third kappa shape index (κ3) is 2.10. The number of thiazole rings is 1. The lowest BCUT2D eigenvalue weighted by molar-refractivity contribution is 0.631. The highest BCUT2D eigenvalue weighted by atomic mass is 32.1. The first-order valence-corrected chi connectivity index (χ1v) is 6.52. The van der Waals surface area contributed by atoms with E-state index in [2.05, 4.69) is 10.1 Å². The Kier molecular flexibility index (Phi) is 2.79. The molecule has 3 aromatic rings. The molecule has 0 unspecified atom stereocenters. The van der Waals surface area contributed by atoms with E-state index in [-0.39, 0.29) is 11.4 Å². The van der Waals surface area contributed by atoms with Crippen molar-refractivity contribution >= 4 is 11.3 Å². The van der Waals surface area contributed by atoms with Crippen LogP contribution < -0.4 is 5.56 Å². The van der Waals surface area contributed by atoms with Crippen molar-refractivity contribution in [2.24, 2.45) is 0 Å². The smallest absolute Gasteiger partial charge is 0.273 e. The van der Waals surface area contributed by atoms with Gasteiger partial charge in [-0.05, 0) is 19.1 Å². The Morgan fingerprint density at radius 3 is 2.84 bits per heavy atom. The minimum atomic E-state index is -0.325. The number of rotatable bonds is 2. The van der Waals surface area contributed by atoms with Gasteiger partial charge in [-0.25, -0.2) is 9.37 Å². The van der Waals surface area contributed by atoms with Crippen LogP contribution in [0, 0.1) is 12.7 Å². The molecule has 0 saturated heterocycles. The maximum atomic E-state index is 13.7. The number of nitrogens with zero attached hydrogens (tertiary/aromatic N) is 2. The predicted molar refractivity (Wildman–Crippen MR) is 72.2 cm³/mol.